The van der Waals surface area contributed by atoms with E-state index in [9.17, 15) is 19.8 Å². The number of phenolic OH excluding ortho intramolecular Hbond substituents is 1. The molecule has 0 saturated heterocycles. The summed E-state index contributed by atoms with van der Waals surface area (Å²) in [5.74, 6) is -1.56. The Kier molecular flexibility index (Phi) is 6.39. The lowest BCUT2D eigenvalue weighted by Gasteiger charge is -2.12. The van der Waals surface area contributed by atoms with Crippen molar-refractivity contribution in [2.24, 2.45) is 0 Å². The summed E-state index contributed by atoms with van der Waals surface area (Å²) in [7, 11) is 0. The molecule has 152 valence electrons. The Morgan fingerprint density at radius 1 is 0.966 bits per heavy atom. The molecule has 3 rings (SSSR count). The molecule has 0 saturated carbocycles. The average molecular weight is 398 g/mol. The van der Waals surface area contributed by atoms with Gasteiger partial charge in [0, 0.05) is 12.0 Å². The van der Waals surface area contributed by atoms with Crippen LogP contribution in [0.5, 0.6) is 17.2 Å². The van der Waals surface area contributed by atoms with E-state index in [1.54, 1.807) is 24.3 Å². The van der Waals surface area contributed by atoms with Crippen molar-refractivity contribution in [3.63, 3.8) is 0 Å². The van der Waals surface area contributed by atoms with Gasteiger partial charge < -0.3 is 24.5 Å². The summed E-state index contributed by atoms with van der Waals surface area (Å²) in [6.07, 6.45) is 2.87. The number of carboxylic acid groups (broad SMARTS) is 1. The smallest absolute Gasteiger partial charge is 0.303 e. The minimum absolute atomic E-state index is 0.0203. The van der Waals surface area contributed by atoms with E-state index in [4.69, 9.17) is 14.3 Å². The number of aromatic hydroxyl groups is 2. The molecular formula is C22H22O7. The van der Waals surface area contributed by atoms with Crippen LogP contribution in [0.25, 0.3) is 22.3 Å². The number of phenols is 1. The third-order valence-electron chi connectivity index (χ3n) is 4.54. The molecule has 1 heterocycles. The number of carbonyl (C=O) groups is 1. The zero-order valence-electron chi connectivity index (χ0n) is 15.8. The zero-order valence-corrected chi connectivity index (χ0v) is 15.8. The summed E-state index contributed by atoms with van der Waals surface area (Å²) in [4.78, 5) is 23.3. The Hall–Kier alpha value is -3.48. The average Bonchev–Trinajstić information content (AvgIpc) is 2.71. The number of carboxylic acids is 1. The van der Waals surface area contributed by atoms with Crippen LogP contribution in [-0.2, 0) is 4.79 Å². The summed E-state index contributed by atoms with van der Waals surface area (Å²) < 4.78 is 11.4. The quantitative estimate of drug-likeness (QED) is 0.460. The first-order chi connectivity index (χ1) is 14.0. The normalized spacial score (nSPS) is 10.9. The molecule has 29 heavy (non-hydrogen) atoms. The van der Waals surface area contributed by atoms with Crippen LogP contribution >= 0.6 is 0 Å². The number of unbranched alkanes of at least 4 members (excludes halogenated alkanes) is 3. The molecule has 0 radical (unpaired) electrons. The van der Waals surface area contributed by atoms with Gasteiger partial charge >= 0.3 is 5.97 Å². The number of fused-ring (bicyclic) bond motifs is 1. The van der Waals surface area contributed by atoms with E-state index >= 15 is 0 Å². The Morgan fingerprint density at radius 3 is 2.41 bits per heavy atom. The lowest BCUT2D eigenvalue weighted by atomic mass is 10.1. The van der Waals surface area contributed by atoms with Crippen LogP contribution in [0.3, 0.4) is 0 Å². The van der Waals surface area contributed by atoms with E-state index in [0.29, 0.717) is 18.4 Å². The first-order valence-corrected chi connectivity index (χ1v) is 9.41. The minimum atomic E-state index is -0.816. The van der Waals surface area contributed by atoms with Gasteiger partial charge in [0.25, 0.3) is 0 Å². The monoisotopic (exact) mass is 398 g/mol. The lowest BCUT2D eigenvalue weighted by molar-refractivity contribution is -0.137. The maximum absolute atomic E-state index is 12.8. The second kappa shape index (κ2) is 9.14. The summed E-state index contributed by atoms with van der Waals surface area (Å²) in [5.41, 5.74) is 0.0688. The Balaban J connectivity index is 1.81. The van der Waals surface area contributed by atoms with E-state index in [1.165, 1.54) is 12.1 Å². The summed E-state index contributed by atoms with van der Waals surface area (Å²) in [6, 6.07) is 11.6. The molecule has 0 bridgehead atoms. The molecule has 0 amide bonds. The SMILES string of the molecule is O=C(O)CCCCCCOc1c(O)ccc2oc(-c3ccccc3)c(O)c(=O)c12. The summed E-state index contributed by atoms with van der Waals surface area (Å²) >= 11 is 0. The van der Waals surface area contributed by atoms with Gasteiger partial charge in [0.05, 0.1) is 6.61 Å². The maximum atomic E-state index is 12.8. The Morgan fingerprint density at radius 2 is 1.69 bits per heavy atom. The number of aliphatic carboxylic acids is 1. The van der Waals surface area contributed by atoms with Crippen LogP contribution in [0.2, 0.25) is 0 Å². The third kappa shape index (κ3) is 4.68. The van der Waals surface area contributed by atoms with E-state index in [0.717, 1.165) is 12.8 Å². The predicted molar refractivity (Wildman–Crippen MR) is 107 cm³/mol. The molecule has 0 aliphatic rings. The molecule has 3 aromatic rings. The highest BCUT2D eigenvalue weighted by atomic mass is 16.5. The number of ether oxygens (including phenoxy) is 1. The predicted octanol–water partition coefficient (Wildman–Crippen LogP) is 4.29. The molecule has 3 N–H and O–H groups in total. The van der Waals surface area contributed by atoms with Crippen molar-refractivity contribution in [3.8, 4) is 28.6 Å². The van der Waals surface area contributed by atoms with Crippen molar-refractivity contribution in [2.45, 2.75) is 32.1 Å². The maximum Gasteiger partial charge on any atom is 0.303 e. The minimum Gasteiger partial charge on any atom is -0.504 e. The largest absolute Gasteiger partial charge is 0.504 e. The van der Waals surface area contributed by atoms with Crippen LogP contribution < -0.4 is 10.2 Å². The Labute approximate surface area is 166 Å². The molecule has 7 heteroatoms. The van der Waals surface area contributed by atoms with E-state index in [2.05, 4.69) is 0 Å². The molecule has 2 aromatic carbocycles. The summed E-state index contributed by atoms with van der Waals surface area (Å²) in [6.45, 7) is 0.236. The van der Waals surface area contributed by atoms with Crippen LogP contribution in [0.4, 0.5) is 0 Å². The molecular weight excluding hydrogens is 376 g/mol. The van der Waals surface area contributed by atoms with Crippen molar-refractivity contribution in [1.29, 1.82) is 0 Å². The first kappa shape index (κ1) is 20.3. The number of hydrogen-bond acceptors (Lipinski definition) is 6. The van der Waals surface area contributed by atoms with E-state index < -0.39 is 17.1 Å². The fourth-order valence-corrected chi connectivity index (χ4v) is 3.07. The molecule has 0 fully saturated rings. The highest BCUT2D eigenvalue weighted by Crippen LogP contribution is 2.37. The van der Waals surface area contributed by atoms with Gasteiger partial charge in [-0.2, -0.15) is 0 Å². The second-order valence-electron chi connectivity index (χ2n) is 6.67. The van der Waals surface area contributed by atoms with Gasteiger partial charge in [0.1, 0.15) is 11.0 Å². The molecule has 0 aliphatic carbocycles. The molecule has 0 unspecified atom stereocenters. The molecule has 0 aliphatic heterocycles. The number of benzene rings is 2. The van der Waals surface area contributed by atoms with E-state index in [-0.39, 0.29) is 41.3 Å². The van der Waals surface area contributed by atoms with Gasteiger partial charge in [-0.3, -0.25) is 9.59 Å². The van der Waals surface area contributed by atoms with Gasteiger partial charge in [0.2, 0.25) is 11.2 Å². The molecule has 1 aromatic heterocycles. The van der Waals surface area contributed by atoms with Crippen LogP contribution in [0.1, 0.15) is 32.1 Å². The van der Waals surface area contributed by atoms with Gasteiger partial charge in [-0.1, -0.05) is 43.2 Å². The summed E-state index contributed by atoms with van der Waals surface area (Å²) in [5, 5.41) is 29.2. The molecule has 0 atom stereocenters. The van der Waals surface area contributed by atoms with Crippen LogP contribution in [0.15, 0.2) is 51.7 Å². The van der Waals surface area contributed by atoms with Crippen molar-refractivity contribution >= 4 is 16.9 Å². The standard InChI is InChI=1S/C22H22O7/c23-15-11-12-16-18(22(15)28-13-7-2-1-6-10-17(24)25)19(26)20(27)21(29-16)14-8-4-3-5-9-14/h3-5,8-9,11-12,23,27H,1-2,6-7,10,13H2,(H,24,25). The number of hydrogen-bond donors (Lipinski definition) is 3. The van der Waals surface area contributed by atoms with Gasteiger partial charge in [-0.15, -0.1) is 0 Å². The first-order valence-electron chi connectivity index (χ1n) is 9.41. The van der Waals surface area contributed by atoms with E-state index in [1.807, 2.05) is 6.07 Å². The van der Waals surface area contributed by atoms with Crippen LogP contribution in [0, 0.1) is 0 Å². The van der Waals surface area contributed by atoms with Crippen LogP contribution in [-0.4, -0.2) is 27.9 Å². The third-order valence-corrected chi connectivity index (χ3v) is 4.54. The fraction of sp³-hybridized carbons (Fsp3) is 0.273. The van der Waals surface area contributed by atoms with Crippen molar-refractivity contribution < 1.29 is 29.3 Å². The lowest BCUT2D eigenvalue weighted by Crippen LogP contribution is -2.07. The molecule has 7 nitrogen and oxygen atoms in total. The van der Waals surface area contributed by atoms with Gasteiger partial charge in [0.15, 0.2) is 17.3 Å². The van der Waals surface area contributed by atoms with Crippen molar-refractivity contribution in [1.82, 2.24) is 0 Å². The van der Waals surface area contributed by atoms with Gasteiger partial charge in [-0.25, -0.2) is 0 Å². The second-order valence-corrected chi connectivity index (χ2v) is 6.67. The number of rotatable bonds is 9. The highest BCUT2D eigenvalue weighted by molar-refractivity contribution is 5.89. The van der Waals surface area contributed by atoms with Crippen molar-refractivity contribution in [3.05, 3.63) is 52.7 Å². The zero-order chi connectivity index (χ0) is 20.8. The van der Waals surface area contributed by atoms with Gasteiger partial charge in [-0.05, 0) is 25.0 Å². The molecule has 0 spiro atoms. The Bertz CT molecular complexity index is 1050. The highest BCUT2D eigenvalue weighted by Gasteiger charge is 2.20. The van der Waals surface area contributed by atoms with Crippen molar-refractivity contribution in [2.75, 3.05) is 6.61 Å². The topological polar surface area (TPSA) is 117 Å². The fourth-order valence-electron chi connectivity index (χ4n) is 3.07.